The highest BCUT2D eigenvalue weighted by atomic mass is 127. The summed E-state index contributed by atoms with van der Waals surface area (Å²) in [6.45, 7) is 11.3. The van der Waals surface area contributed by atoms with Crippen molar-refractivity contribution in [3.8, 4) is 0 Å². The average molecular weight is 442 g/mol. The number of unbranched alkanes of at least 4 members (excludes halogenated alkanes) is 1. The van der Waals surface area contributed by atoms with Crippen LogP contribution in [0.1, 0.15) is 60.3 Å². The molecule has 138 valence electrons. The van der Waals surface area contributed by atoms with Crippen molar-refractivity contribution in [2.24, 2.45) is 4.99 Å². The van der Waals surface area contributed by atoms with Crippen molar-refractivity contribution in [2.75, 3.05) is 20.1 Å². The number of hydrogen-bond acceptors (Lipinski definition) is 3. The monoisotopic (exact) mass is 442 g/mol. The Morgan fingerprint density at radius 1 is 1.17 bits per heavy atom. The molecule has 0 radical (unpaired) electrons. The number of halogens is 1. The summed E-state index contributed by atoms with van der Waals surface area (Å²) >= 11 is 0. The highest BCUT2D eigenvalue weighted by Gasteiger charge is 2.19. The maximum atomic E-state index is 11.9. The van der Waals surface area contributed by atoms with Gasteiger partial charge in [-0.3, -0.25) is 4.99 Å². The van der Waals surface area contributed by atoms with Crippen LogP contribution in [0.2, 0.25) is 0 Å². The van der Waals surface area contributed by atoms with E-state index in [9.17, 15) is 4.79 Å². The van der Waals surface area contributed by atoms with Gasteiger partial charge in [0.2, 0.25) is 0 Å². The summed E-state index contributed by atoms with van der Waals surface area (Å²) in [4.78, 5) is 16.0. The normalized spacial score (nSPS) is 12.9. The van der Waals surface area contributed by atoms with E-state index in [1.807, 2.05) is 20.8 Å². The predicted octanol–water partition coefficient (Wildman–Crippen LogP) is 3.26. The Bertz CT molecular complexity index is 343. The summed E-state index contributed by atoms with van der Waals surface area (Å²) < 4.78 is 5.30. The Morgan fingerprint density at radius 2 is 1.83 bits per heavy atom. The Balaban J connectivity index is 0. The van der Waals surface area contributed by atoms with Crippen LogP contribution in [0.4, 0.5) is 4.79 Å². The summed E-state index contributed by atoms with van der Waals surface area (Å²) in [5.41, 5.74) is -0.480. The lowest BCUT2D eigenvalue weighted by Gasteiger charge is -2.24. The molecular formula is C16H35IN4O2. The van der Waals surface area contributed by atoms with E-state index in [1.54, 1.807) is 7.05 Å². The smallest absolute Gasteiger partial charge is 0.407 e. The molecule has 0 spiro atoms. The minimum absolute atomic E-state index is 0. The first-order chi connectivity index (χ1) is 10.3. The number of hydrogen-bond donors (Lipinski definition) is 3. The van der Waals surface area contributed by atoms with Crippen LogP contribution in [0.15, 0.2) is 4.99 Å². The van der Waals surface area contributed by atoms with Crippen molar-refractivity contribution < 1.29 is 9.53 Å². The van der Waals surface area contributed by atoms with E-state index >= 15 is 0 Å². The van der Waals surface area contributed by atoms with Crippen LogP contribution in [0.25, 0.3) is 0 Å². The predicted molar refractivity (Wildman–Crippen MR) is 108 cm³/mol. The van der Waals surface area contributed by atoms with Crippen molar-refractivity contribution in [2.45, 2.75) is 71.9 Å². The highest BCUT2D eigenvalue weighted by Crippen LogP contribution is 2.07. The standard InChI is InChI=1S/C16H34N4O2.HI/c1-7-9-11-18-14(17-6)19-12-13(10-8-2)20-15(21)22-16(3,4)5;/h13H,7-12H2,1-6H3,(H,20,21)(H2,17,18,19);1H. The van der Waals surface area contributed by atoms with Gasteiger partial charge in [0.05, 0.1) is 0 Å². The Labute approximate surface area is 158 Å². The summed E-state index contributed by atoms with van der Waals surface area (Å²) in [7, 11) is 1.75. The topological polar surface area (TPSA) is 74.8 Å². The lowest BCUT2D eigenvalue weighted by atomic mass is 10.1. The van der Waals surface area contributed by atoms with Gasteiger partial charge in [-0.25, -0.2) is 4.79 Å². The van der Waals surface area contributed by atoms with Crippen molar-refractivity contribution in [3.63, 3.8) is 0 Å². The molecule has 0 aromatic heterocycles. The summed E-state index contributed by atoms with van der Waals surface area (Å²) in [6.07, 6.45) is 3.75. The molecule has 0 bridgehead atoms. The molecule has 1 unspecified atom stereocenters. The number of amides is 1. The number of guanidine groups is 1. The van der Waals surface area contributed by atoms with E-state index in [2.05, 4.69) is 34.8 Å². The van der Waals surface area contributed by atoms with Gasteiger partial charge in [-0.15, -0.1) is 24.0 Å². The fourth-order valence-corrected chi connectivity index (χ4v) is 1.87. The maximum absolute atomic E-state index is 11.9. The van der Waals surface area contributed by atoms with Gasteiger partial charge in [0.1, 0.15) is 5.60 Å². The Kier molecular flexibility index (Phi) is 14.6. The molecule has 0 aliphatic heterocycles. The van der Waals surface area contributed by atoms with E-state index in [4.69, 9.17) is 4.74 Å². The van der Waals surface area contributed by atoms with Crippen LogP contribution in [0.3, 0.4) is 0 Å². The van der Waals surface area contributed by atoms with Crippen LogP contribution >= 0.6 is 24.0 Å². The molecule has 0 saturated carbocycles. The van der Waals surface area contributed by atoms with Crippen molar-refractivity contribution in [1.82, 2.24) is 16.0 Å². The second-order valence-corrected chi connectivity index (χ2v) is 6.37. The number of alkyl carbamates (subject to hydrolysis) is 1. The Morgan fingerprint density at radius 3 is 2.30 bits per heavy atom. The molecule has 0 saturated heterocycles. The van der Waals surface area contributed by atoms with Crippen molar-refractivity contribution >= 4 is 36.0 Å². The molecule has 23 heavy (non-hydrogen) atoms. The fourth-order valence-electron chi connectivity index (χ4n) is 1.87. The molecule has 0 aliphatic rings. The van der Waals surface area contributed by atoms with Crippen LogP contribution in [0.5, 0.6) is 0 Å². The van der Waals surface area contributed by atoms with Gasteiger partial charge in [-0.1, -0.05) is 26.7 Å². The van der Waals surface area contributed by atoms with Gasteiger partial charge in [-0.05, 0) is 33.6 Å². The number of carbonyl (C=O) groups is 1. The minimum Gasteiger partial charge on any atom is -0.444 e. The maximum Gasteiger partial charge on any atom is 0.407 e. The lowest BCUT2D eigenvalue weighted by molar-refractivity contribution is 0.0502. The van der Waals surface area contributed by atoms with Gasteiger partial charge in [0.15, 0.2) is 5.96 Å². The minimum atomic E-state index is -0.480. The van der Waals surface area contributed by atoms with E-state index in [1.165, 1.54) is 0 Å². The van der Waals surface area contributed by atoms with Crippen LogP contribution < -0.4 is 16.0 Å². The van der Waals surface area contributed by atoms with Crippen LogP contribution in [-0.2, 0) is 4.74 Å². The molecule has 6 nitrogen and oxygen atoms in total. The third-order valence-electron chi connectivity index (χ3n) is 2.92. The third kappa shape index (κ3) is 14.6. The second-order valence-electron chi connectivity index (χ2n) is 6.37. The molecule has 0 fully saturated rings. The largest absolute Gasteiger partial charge is 0.444 e. The number of ether oxygens (including phenoxy) is 1. The second kappa shape index (κ2) is 13.7. The van der Waals surface area contributed by atoms with Crippen molar-refractivity contribution in [1.29, 1.82) is 0 Å². The van der Waals surface area contributed by atoms with Gasteiger partial charge < -0.3 is 20.7 Å². The SMILES string of the molecule is CCCCNC(=NC)NCC(CCC)NC(=O)OC(C)(C)C.I. The van der Waals surface area contributed by atoms with Gasteiger partial charge in [0, 0.05) is 26.2 Å². The highest BCUT2D eigenvalue weighted by molar-refractivity contribution is 14.0. The zero-order valence-corrected chi connectivity index (χ0v) is 17.8. The first-order valence-electron chi connectivity index (χ1n) is 8.26. The van der Waals surface area contributed by atoms with E-state index in [0.29, 0.717) is 6.54 Å². The van der Waals surface area contributed by atoms with Gasteiger partial charge in [-0.2, -0.15) is 0 Å². The van der Waals surface area contributed by atoms with E-state index < -0.39 is 5.60 Å². The number of nitrogens with zero attached hydrogens (tertiary/aromatic N) is 1. The first-order valence-corrected chi connectivity index (χ1v) is 8.26. The number of nitrogens with one attached hydrogen (secondary N) is 3. The molecule has 0 aromatic rings. The zero-order chi connectivity index (χ0) is 17.0. The molecule has 0 heterocycles. The van der Waals surface area contributed by atoms with E-state index in [0.717, 1.165) is 38.2 Å². The summed E-state index contributed by atoms with van der Waals surface area (Å²) in [6, 6.07) is 0.0181. The van der Waals surface area contributed by atoms with Gasteiger partial charge >= 0.3 is 6.09 Å². The molecule has 0 aromatic carbocycles. The number of aliphatic imine (C=N–C) groups is 1. The lowest BCUT2D eigenvalue weighted by Crippen LogP contribution is -2.48. The van der Waals surface area contributed by atoms with Crippen LogP contribution in [-0.4, -0.2) is 43.8 Å². The summed E-state index contributed by atoms with van der Waals surface area (Å²) in [5.74, 6) is 0.764. The number of carbonyl (C=O) groups excluding carboxylic acids is 1. The average Bonchev–Trinajstić information content (AvgIpc) is 2.40. The van der Waals surface area contributed by atoms with Gasteiger partial charge in [0.25, 0.3) is 0 Å². The summed E-state index contributed by atoms with van der Waals surface area (Å²) in [5, 5.41) is 9.42. The number of rotatable bonds is 8. The molecule has 7 heteroatoms. The Hall–Kier alpha value is -0.730. The first kappa shape index (κ1) is 24.5. The molecular weight excluding hydrogens is 407 g/mol. The fraction of sp³-hybridized carbons (Fsp3) is 0.875. The van der Waals surface area contributed by atoms with Crippen molar-refractivity contribution in [3.05, 3.63) is 0 Å². The molecule has 1 atom stereocenters. The van der Waals surface area contributed by atoms with Crippen LogP contribution in [0, 0.1) is 0 Å². The third-order valence-corrected chi connectivity index (χ3v) is 2.92. The molecule has 1 amide bonds. The molecule has 3 N–H and O–H groups in total. The quantitative estimate of drug-likeness (QED) is 0.234. The van der Waals surface area contributed by atoms with E-state index in [-0.39, 0.29) is 36.1 Å². The zero-order valence-electron chi connectivity index (χ0n) is 15.5. The molecule has 0 rings (SSSR count). The molecule has 0 aliphatic carbocycles.